The van der Waals surface area contributed by atoms with E-state index in [9.17, 15) is 9.59 Å². The molecule has 0 unspecified atom stereocenters. The van der Waals surface area contributed by atoms with Crippen molar-refractivity contribution < 1.29 is 19.8 Å². The summed E-state index contributed by atoms with van der Waals surface area (Å²) in [6, 6.07) is 0. The molecule has 2 N–H and O–H groups in total. The Bertz CT molecular complexity index is 240. The fourth-order valence-corrected chi connectivity index (χ4v) is 2.07. The largest absolute Gasteiger partial charge is 0.480 e. The highest BCUT2D eigenvalue weighted by atomic mass is 16.4. The third kappa shape index (κ3) is 13.1. The summed E-state index contributed by atoms with van der Waals surface area (Å²) in [5, 5.41) is 17.4. The van der Waals surface area contributed by atoms with Crippen LogP contribution in [-0.4, -0.2) is 46.7 Å². The van der Waals surface area contributed by atoms with Crippen LogP contribution in [0.2, 0.25) is 0 Å². The van der Waals surface area contributed by atoms with Gasteiger partial charge < -0.3 is 10.2 Å². The molecule has 0 radical (unpaired) electrons. The smallest absolute Gasteiger partial charge is 0.317 e. The van der Waals surface area contributed by atoms with Crippen molar-refractivity contribution in [3.63, 3.8) is 0 Å². The zero-order valence-corrected chi connectivity index (χ0v) is 11.9. The van der Waals surface area contributed by atoms with Crippen molar-refractivity contribution >= 4 is 11.9 Å². The van der Waals surface area contributed by atoms with Crippen molar-refractivity contribution in [2.75, 3.05) is 19.6 Å². The van der Waals surface area contributed by atoms with Gasteiger partial charge in [-0.05, 0) is 13.0 Å². The monoisotopic (exact) mass is 273 g/mol. The van der Waals surface area contributed by atoms with E-state index in [1.165, 1.54) is 37.0 Å². The Morgan fingerprint density at radius 1 is 0.789 bits per heavy atom. The van der Waals surface area contributed by atoms with Crippen LogP contribution in [-0.2, 0) is 9.59 Å². The first-order valence-electron chi connectivity index (χ1n) is 7.22. The molecule has 19 heavy (non-hydrogen) atoms. The van der Waals surface area contributed by atoms with Gasteiger partial charge in [0.15, 0.2) is 0 Å². The maximum absolute atomic E-state index is 10.6. The van der Waals surface area contributed by atoms with Gasteiger partial charge in [-0.3, -0.25) is 14.5 Å². The molecule has 0 aromatic carbocycles. The number of rotatable bonds is 13. The predicted molar refractivity (Wildman–Crippen MR) is 74.3 cm³/mol. The SMILES string of the molecule is CCCCCCCCCCN(CC(=O)O)CC(=O)O. The highest BCUT2D eigenvalue weighted by molar-refractivity contribution is 5.72. The third-order valence-electron chi connectivity index (χ3n) is 3.05. The second kappa shape index (κ2) is 12.0. The van der Waals surface area contributed by atoms with E-state index in [1.807, 2.05) is 0 Å². The highest BCUT2D eigenvalue weighted by Gasteiger charge is 2.12. The Balaban J connectivity index is 3.57. The maximum atomic E-state index is 10.6. The van der Waals surface area contributed by atoms with Gasteiger partial charge in [0.2, 0.25) is 0 Å². The summed E-state index contributed by atoms with van der Waals surface area (Å²) in [6.45, 7) is 2.36. The van der Waals surface area contributed by atoms with E-state index < -0.39 is 11.9 Å². The number of hydrogen-bond donors (Lipinski definition) is 2. The zero-order valence-electron chi connectivity index (χ0n) is 11.9. The fraction of sp³-hybridized carbons (Fsp3) is 0.857. The van der Waals surface area contributed by atoms with Gasteiger partial charge in [-0.15, -0.1) is 0 Å². The van der Waals surface area contributed by atoms with Gasteiger partial charge in [0, 0.05) is 0 Å². The molecule has 0 fully saturated rings. The van der Waals surface area contributed by atoms with Crippen LogP contribution in [0.3, 0.4) is 0 Å². The number of nitrogens with zero attached hydrogens (tertiary/aromatic N) is 1. The molecule has 0 rings (SSSR count). The quantitative estimate of drug-likeness (QED) is 0.504. The number of hydrogen-bond acceptors (Lipinski definition) is 3. The predicted octanol–water partition coefficient (Wildman–Crippen LogP) is 2.60. The van der Waals surface area contributed by atoms with E-state index in [2.05, 4.69) is 6.92 Å². The van der Waals surface area contributed by atoms with Gasteiger partial charge in [-0.1, -0.05) is 51.9 Å². The van der Waals surface area contributed by atoms with Crippen LogP contribution in [0.25, 0.3) is 0 Å². The number of carboxylic acid groups (broad SMARTS) is 2. The van der Waals surface area contributed by atoms with E-state index in [1.54, 1.807) is 0 Å². The number of carbonyl (C=O) groups is 2. The normalized spacial score (nSPS) is 10.8. The first kappa shape index (κ1) is 17.9. The first-order valence-corrected chi connectivity index (χ1v) is 7.22. The number of carboxylic acids is 2. The summed E-state index contributed by atoms with van der Waals surface area (Å²) in [5.74, 6) is -1.94. The Morgan fingerprint density at radius 2 is 1.21 bits per heavy atom. The summed E-state index contributed by atoms with van der Waals surface area (Å²) in [7, 11) is 0. The molecule has 0 saturated heterocycles. The Labute approximate surface area is 115 Å². The lowest BCUT2D eigenvalue weighted by molar-refractivity contribution is -0.141. The molecule has 0 atom stereocenters. The number of unbranched alkanes of at least 4 members (excludes halogenated alkanes) is 7. The molecule has 0 heterocycles. The molecule has 0 aromatic heterocycles. The van der Waals surface area contributed by atoms with Crippen LogP contribution < -0.4 is 0 Å². The summed E-state index contributed by atoms with van der Waals surface area (Å²) in [5.41, 5.74) is 0. The molecule has 0 aromatic rings. The Kier molecular flexibility index (Phi) is 11.3. The minimum absolute atomic E-state index is 0.192. The second-order valence-corrected chi connectivity index (χ2v) is 4.97. The van der Waals surface area contributed by atoms with Crippen molar-refractivity contribution in [1.82, 2.24) is 4.90 Å². The molecule has 0 spiro atoms. The van der Waals surface area contributed by atoms with Gasteiger partial charge >= 0.3 is 11.9 Å². The molecule has 5 nitrogen and oxygen atoms in total. The summed E-state index contributed by atoms with van der Waals surface area (Å²) >= 11 is 0. The molecule has 0 aliphatic heterocycles. The van der Waals surface area contributed by atoms with Crippen LogP contribution in [0, 0.1) is 0 Å². The Morgan fingerprint density at radius 3 is 1.63 bits per heavy atom. The van der Waals surface area contributed by atoms with Gasteiger partial charge in [-0.25, -0.2) is 0 Å². The van der Waals surface area contributed by atoms with E-state index in [-0.39, 0.29) is 13.1 Å². The second-order valence-electron chi connectivity index (χ2n) is 4.97. The minimum Gasteiger partial charge on any atom is -0.480 e. The van der Waals surface area contributed by atoms with Crippen LogP contribution in [0.4, 0.5) is 0 Å². The maximum Gasteiger partial charge on any atom is 0.317 e. The summed E-state index contributed by atoms with van der Waals surface area (Å²) in [6.07, 6.45) is 9.39. The van der Waals surface area contributed by atoms with Gasteiger partial charge in [-0.2, -0.15) is 0 Å². The van der Waals surface area contributed by atoms with E-state index in [0.717, 1.165) is 19.3 Å². The standard InChI is InChI=1S/C14H27NO4/c1-2-3-4-5-6-7-8-9-10-15(11-13(16)17)12-14(18)19/h2-12H2,1H3,(H,16,17)(H,18,19). The Hall–Kier alpha value is -1.10. The van der Waals surface area contributed by atoms with Crippen molar-refractivity contribution in [3.05, 3.63) is 0 Å². The van der Waals surface area contributed by atoms with Crippen LogP contribution >= 0.6 is 0 Å². The number of aliphatic carboxylic acids is 2. The van der Waals surface area contributed by atoms with Gasteiger partial charge in [0.05, 0.1) is 13.1 Å². The molecule has 0 aliphatic rings. The van der Waals surface area contributed by atoms with Gasteiger partial charge in [0.25, 0.3) is 0 Å². The molecule has 0 aliphatic carbocycles. The summed E-state index contributed by atoms with van der Waals surface area (Å²) < 4.78 is 0. The minimum atomic E-state index is -0.971. The van der Waals surface area contributed by atoms with Crippen LogP contribution in [0.5, 0.6) is 0 Å². The van der Waals surface area contributed by atoms with Crippen molar-refractivity contribution in [3.8, 4) is 0 Å². The molecule has 0 bridgehead atoms. The zero-order chi connectivity index (χ0) is 14.5. The average molecular weight is 273 g/mol. The van der Waals surface area contributed by atoms with Crippen molar-refractivity contribution in [1.29, 1.82) is 0 Å². The van der Waals surface area contributed by atoms with Gasteiger partial charge in [0.1, 0.15) is 0 Å². The van der Waals surface area contributed by atoms with E-state index >= 15 is 0 Å². The van der Waals surface area contributed by atoms with Crippen LogP contribution in [0.15, 0.2) is 0 Å². The fourth-order valence-electron chi connectivity index (χ4n) is 2.07. The third-order valence-corrected chi connectivity index (χ3v) is 3.05. The summed E-state index contributed by atoms with van der Waals surface area (Å²) in [4.78, 5) is 22.7. The molecular weight excluding hydrogens is 246 g/mol. The molecule has 0 amide bonds. The van der Waals surface area contributed by atoms with Crippen molar-refractivity contribution in [2.45, 2.75) is 58.3 Å². The van der Waals surface area contributed by atoms with Crippen LogP contribution in [0.1, 0.15) is 58.3 Å². The molecule has 5 heteroatoms. The lowest BCUT2D eigenvalue weighted by atomic mass is 10.1. The molecular formula is C14H27NO4. The topological polar surface area (TPSA) is 77.8 Å². The lowest BCUT2D eigenvalue weighted by Crippen LogP contribution is -2.35. The molecule has 0 saturated carbocycles. The van der Waals surface area contributed by atoms with Crippen molar-refractivity contribution in [2.24, 2.45) is 0 Å². The first-order chi connectivity index (χ1) is 9.06. The lowest BCUT2D eigenvalue weighted by Gasteiger charge is -2.17. The average Bonchev–Trinajstić information content (AvgIpc) is 2.30. The van der Waals surface area contributed by atoms with E-state index in [4.69, 9.17) is 10.2 Å². The highest BCUT2D eigenvalue weighted by Crippen LogP contribution is 2.08. The molecule has 112 valence electrons. The van der Waals surface area contributed by atoms with E-state index in [0.29, 0.717) is 6.54 Å².